The van der Waals surface area contributed by atoms with Crippen LogP contribution in [0.4, 0.5) is 0 Å². The molecule has 1 saturated heterocycles. The first-order chi connectivity index (χ1) is 5.69. The zero-order valence-electron chi connectivity index (χ0n) is 7.50. The third-order valence-electron chi connectivity index (χ3n) is 2.48. The minimum Gasteiger partial charge on any atom is -0.393 e. The largest absolute Gasteiger partial charge is 0.393 e. The molecule has 1 fully saturated rings. The maximum atomic E-state index is 11.2. The molecule has 0 N–H and O–H groups in total. The average Bonchev–Trinajstić information content (AvgIpc) is 2.03. The van der Waals surface area contributed by atoms with Gasteiger partial charge in [0.1, 0.15) is 0 Å². The first-order valence-electron chi connectivity index (χ1n) is 4.43. The van der Waals surface area contributed by atoms with Crippen molar-refractivity contribution in [2.45, 2.75) is 33.1 Å². The van der Waals surface area contributed by atoms with Crippen LogP contribution in [0.5, 0.6) is 0 Å². The van der Waals surface area contributed by atoms with E-state index in [-0.39, 0.29) is 23.8 Å². The summed E-state index contributed by atoms with van der Waals surface area (Å²) in [5.41, 5.74) is 0. The second-order valence-corrected chi connectivity index (χ2v) is 3.18. The van der Waals surface area contributed by atoms with E-state index in [1.165, 1.54) is 0 Å². The molecule has 0 bridgehead atoms. The van der Waals surface area contributed by atoms with Crippen LogP contribution < -0.4 is 0 Å². The maximum Gasteiger partial charge on any atom is 0.316 e. The standard InChI is InChI=1S/C9H14O3/c1-3-6-5-8(10)12-9(11)7(6)4-2/h6-7H,3-5H2,1-2H3. The number of esters is 2. The molecular formula is C9H14O3. The van der Waals surface area contributed by atoms with E-state index in [0.29, 0.717) is 6.42 Å². The molecular weight excluding hydrogens is 156 g/mol. The number of hydrogen-bond donors (Lipinski definition) is 0. The molecule has 0 aliphatic carbocycles. The van der Waals surface area contributed by atoms with Gasteiger partial charge in [0.25, 0.3) is 0 Å². The molecule has 2 unspecified atom stereocenters. The van der Waals surface area contributed by atoms with E-state index in [0.717, 1.165) is 12.8 Å². The van der Waals surface area contributed by atoms with Gasteiger partial charge < -0.3 is 4.74 Å². The molecule has 0 saturated carbocycles. The van der Waals surface area contributed by atoms with Gasteiger partial charge in [-0.25, -0.2) is 0 Å². The molecule has 3 heteroatoms. The zero-order valence-corrected chi connectivity index (χ0v) is 7.50. The summed E-state index contributed by atoms with van der Waals surface area (Å²) >= 11 is 0. The Hall–Kier alpha value is -0.860. The highest BCUT2D eigenvalue weighted by molar-refractivity contribution is 5.89. The summed E-state index contributed by atoms with van der Waals surface area (Å²) in [5, 5.41) is 0. The molecule has 0 amide bonds. The Labute approximate surface area is 72.1 Å². The van der Waals surface area contributed by atoms with Gasteiger partial charge in [-0.2, -0.15) is 0 Å². The minimum absolute atomic E-state index is 0.0623. The summed E-state index contributed by atoms with van der Waals surface area (Å²) in [7, 11) is 0. The molecule has 0 spiro atoms. The normalized spacial score (nSPS) is 30.2. The van der Waals surface area contributed by atoms with Gasteiger partial charge in [-0.05, 0) is 12.3 Å². The van der Waals surface area contributed by atoms with Crippen LogP contribution >= 0.6 is 0 Å². The molecule has 0 aromatic carbocycles. The van der Waals surface area contributed by atoms with E-state index in [9.17, 15) is 9.59 Å². The Kier molecular flexibility index (Phi) is 2.84. The molecule has 1 heterocycles. The number of carbonyl (C=O) groups excluding carboxylic acids is 2. The molecule has 68 valence electrons. The van der Waals surface area contributed by atoms with Crippen LogP contribution in [0.1, 0.15) is 33.1 Å². The highest BCUT2D eigenvalue weighted by Crippen LogP contribution is 2.28. The first kappa shape index (κ1) is 9.23. The second-order valence-electron chi connectivity index (χ2n) is 3.18. The Balaban J connectivity index is 2.69. The van der Waals surface area contributed by atoms with Crippen molar-refractivity contribution in [3.63, 3.8) is 0 Å². The van der Waals surface area contributed by atoms with Gasteiger partial charge in [0, 0.05) is 6.42 Å². The monoisotopic (exact) mass is 170 g/mol. The number of hydrogen-bond acceptors (Lipinski definition) is 3. The molecule has 0 aromatic heterocycles. The summed E-state index contributed by atoms with van der Waals surface area (Å²) in [5.74, 6) is -0.561. The van der Waals surface area contributed by atoms with E-state index in [1.807, 2.05) is 13.8 Å². The molecule has 1 aliphatic rings. The minimum atomic E-state index is -0.364. The lowest BCUT2D eigenvalue weighted by molar-refractivity contribution is -0.170. The van der Waals surface area contributed by atoms with Crippen molar-refractivity contribution in [3.05, 3.63) is 0 Å². The Morgan fingerprint density at radius 1 is 1.33 bits per heavy atom. The van der Waals surface area contributed by atoms with Crippen LogP contribution in [0.15, 0.2) is 0 Å². The van der Waals surface area contributed by atoms with Gasteiger partial charge in [0.2, 0.25) is 0 Å². The lowest BCUT2D eigenvalue weighted by Gasteiger charge is -2.26. The van der Waals surface area contributed by atoms with E-state index in [4.69, 9.17) is 0 Å². The van der Waals surface area contributed by atoms with Crippen molar-refractivity contribution in [1.82, 2.24) is 0 Å². The van der Waals surface area contributed by atoms with Crippen LogP contribution in [0.2, 0.25) is 0 Å². The summed E-state index contributed by atoms with van der Waals surface area (Å²) in [6, 6.07) is 0. The second kappa shape index (κ2) is 3.70. The summed E-state index contributed by atoms with van der Waals surface area (Å²) < 4.78 is 4.54. The van der Waals surface area contributed by atoms with Crippen molar-refractivity contribution in [2.75, 3.05) is 0 Å². The van der Waals surface area contributed by atoms with Crippen molar-refractivity contribution in [2.24, 2.45) is 11.8 Å². The van der Waals surface area contributed by atoms with Crippen molar-refractivity contribution in [1.29, 1.82) is 0 Å². The fourth-order valence-corrected chi connectivity index (χ4v) is 1.71. The molecule has 12 heavy (non-hydrogen) atoms. The van der Waals surface area contributed by atoms with Crippen LogP contribution in [0.3, 0.4) is 0 Å². The Bertz CT molecular complexity index is 198. The third-order valence-corrected chi connectivity index (χ3v) is 2.48. The summed E-state index contributed by atoms with van der Waals surface area (Å²) in [6.45, 7) is 3.95. The topological polar surface area (TPSA) is 43.4 Å². The summed E-state index contributed by atoms with van der Waals surface area (Å²) in [6.07, 6.45) is 2.05. The lowest BCUT2D eigenvalue weighted by Crippen LogP contribution is -2.34. The van der Waals surface area contributed by atoms with Gasteiger partial charge in [-0.3, -0.25) is 9.59 Å². The van der Waals surface area contributed by atoms with E-state index in [1.54, 1.807) is 0 Å². The van der Waals surface area contributed by atoms with Gasteiger partial charge in [-0.1, -0.05) is 20.3 Å². The van der Waals surface area contributed by atoms with Crippen LogP contribution in [-0.4, -0.2) is 11.9 Å². The molecule has 0 radical (unpaired) electrons. The van der Waals surface area contributed by atoms with Gasteiger partial charge >= 0.3 is 11.9 Å². The van der Waals surface area contributed by atoms with Crippen LogP contribution in [-0.2, 0) is 14.3 Å². The van der Waals surface area contributed by atoms with Crippen molar-refractivity contribution in [3.8, 4) is 0 Å². The quantitative estimate of drug-likeness (QED) is 0.466. The molecule has 1 aliphatic heterocycles. The Morgan fingerprint density at radius 3 is 2.50 bits per heavy atom. The highest BCUT2D eigenvalue weighted by atomic mass is 16.6. The SMILES string of the molecule is CCC1CC(=O)OC(=O)C1CC. The number of carbonyl (C=O) groups is 2. The predicted octanol–water partition coefficient (Wildman–Crippen LogP) is 1.51. The van der Waals surface area contributed by atoms with E-state index >= 15 is 0 Å². The van der Waals surface area contributed by atoms with E-state index < -0.39 is 0 Å². The number of cyclic esters (lactones) is 2. The maximum absolute atomic E-state index is 11.2. The Morgan fingerprint density at radius 2 is 2.00 bits per heavy atom. The zero-order chi connectivity index (χ0) is 9.14. The third kappa shape index (κ3) is 1.65. The number of rotatable bonds is 2. The smallest absolute Gasteiger partial charge is 0.316 e. The van der Waals surface area contributed by atoms with Gasteiger partial charge in [-0.15, -0.1) is 0 Å². The van der Waals surface area contributed by atoms with E-state index in [2.05, 4.69) is 4.74 Å². The van der Waals surface area contributed by atoms with Gasteiger partial charge in [0.05, 0.1) is 5.92 Å². The first-order valence-corrected chi connectivity index (χ1v) is 4.43. The van der Waals surface area contributed by atoms with Crippen molar-refractivity contribution < 1.29 is 14.3 Å². The van der Waals surface area contributed by atoms with Crippen LogP contribution in [0, 0.1) is 11.8 Å². The summed E-state index contributed by atoms with van der Waals surface area (Å²) in [4.78, 5) is 22.0. The lowest BCUT2D eigenvalue weighted by atomic mass is 9.84. The fraction of sp³-hybridized carbons (Fsp3) is 0.778. The number of ether oxygens (including phenoxy) is 1. The fourth-order valence-electron chi connectivity index (χ4n) is 1.71. The molecule has 0 aromatic rings. The average molecular weight is 170 g/mol. The predicted molar refractivity (Wildman–Crippen MR) is 43.3 cm³/mol. The van der Waals surface area contributed by atoms with Crippen LogP contribution in [0.25, 0.3) is 0 Å². The molecule has 3 nitrogen and oxygen atoms in total. The van der Waals surface area contributed by atoms with Gasteiger partial charge in [0.15, 0.2) is 0 Å². The molecule has 2 atom stereocenters. The van der Waals surface area contributed by atoms with Crippen molar-refractivity contribution >= 4 is 11.9 Å². The molecule has 1 rings (SSSR count). The highest BCUT2D eigenvalue weighted by Gasteiger charge is 2.35.